The second kappa shape index (κ2) is 16.9. The minimum atomic E-state index is -1.11. The Bertz CT molecular complexity index is 2470. The molecule has 0 spiro atoms. The number of imide groups is 2. The molecule has 7 amide bonds. The first-order valence-corrected chi connectivity index (χ1v) is 21.2. The van der Waals surface area contributed by atoms with Crippen molar-refractivity contribution >= 4 is 58.3 Å². The van der Waals surface area contributed by atoms with E-state index in [0.717, 1.165) is 41.9 Å². The Labute approximate surface area is 356 Å². The van der Waals surface area contributed by atoms with Crippen LogP contribution in [0.25, 0.3) is 11.2 Å². The van der Waals surface area contributed by atoms with Crippen LogP contribution in [0.15, 0.2) is 49.1 Å². The first-order chi connectivity index (χ1) is 30.0. The molecule has 3 aromatic heterocycles. The number of rotatable bonds is 11. The minimum absolute atomic E-state index is 0.00856. The number of carbonyl (C=O) groups is 7. The maximum atomic E-state index is 13.4. The van der Waals surface area contributed by atoms with E-state index in [9.17, 15) is 33.6 Å². The number of carbonyl (C=O) groups excluding carboxylic acids is 7. The van der Waals surface area contributed by atoms with Gasteiger partial charge in [0.25, 0.3) is 23.6 Å². The molecule has 4 fully saturated rings. The second-order valence-corrected chi connectivity index (χ2v) is 16.7. The van der Waals surface area contributed by atoms with Crippen LogP contribution in [0.5, 0.6) is 5.75 Å². The van der Waals surface area contributed by atoms with Gasteiger partial charge in [0.05, 0.1) is 17.5 Å². The van der Waals surface area contributed by atoms with Gasteiger partial charge in [-0.05, 0) is 82.1 Å². The molecule has 3 N–H and O–H groups in total. The molecule has 62 heavy (non-hydrogen) atoms. The molecule has 1 saturated carbocycles. The van der Waals surface area contributed by atoms with Crippen molar-refractivity contribution in [3.63, 3.8) is 0 Å². The number of imidazole rings is 1. The zero-order valence-electron chi connectivity index (χ0n) is 34.2. The summed E-state index contributed by atoms with van der Waals surface area (Å²) < 4.78 is 7.86. The molecule has 19 nitrogen and oxygen atoms in total. The van der Waals surface area contributed by atoms with Crippen LogP contribution in [-0.4, -0.2) is 131 Å². The van der Waals surface area contributed by atoms with Crippen LogP contribution in [0.2, 0.25) is 0 Å². The molecular formula is C43H47N11O8. The number of benzene rings is 1. The topological polar surface area (TPSA) is 231 Å². The summed E-state index contributed by atoms with van der Waals surface area (Å²) in [5.41, 5.74) is 2.70. The summed E-state index contributed by atoms with van der Waals surface area (Å²) in [4.78, 5) is 112. The van der Waals surface area contributed by atoms with E-state index in [4.69, 9.17) is 4.74 Å². The Hall–Kier alpha value is -6.79. The Morgan fingerprint density at radius 1 is 0.839 bits per heavy atom. The summed E-state index contributed by atoms with van der Waals surface area (Å²) in [7, 11) is 0. The van der Waals surface area contributed by atoms with Gasteiger partial charge >= 0.3 is 0 Å². The van der Waals surface area contributed by atoms with E-state index in [1.165, 1.54) is 18.5 Å². The lowest BCUT2D eigenvalue weighted by Gasteiger charge is -2.36. The van der Waals surface area contributed by atoms with Crippen molar-refractivity contribution in [2.24, 2.45) is 5.92 Å². The molecule has 9 rings (SSSR count). The standard InChI is InChI=1S/C43H47N11O8/c1-24-4-2-6-30(47-24)40(58)49-27-19-28(20-27)53-23-46-37-38(44-22-45-39(37)53)48-26-12-16-51(17-13-26)34(56)18-25-10-14-52(15-11-25)35(57)21-62-32-7-3-5-29-36(32)43(61)54(42(29)60)31-8-9-33(55)50-41(31)59/h2-7,22-23,25-28,31H,8-21H2,1H3,(H,49,58)(H,44,45,48)(H,50,55,59). The van der Waals surface area contributed by atoms with Crippen molar-refractivity contribution in [1.82, 2.24) is 49.8 Å². The molecule has 4 aliphatic heterocycles. The lowest BCUT2D eigenvalue weighted by atomic mass is 9.86. The fraction of sp³-hybridized carbons (Fsp3) is 0.465. The number of nitrogens with zero attached hydrogens (tertiary/aromatic N) is 8. The number of hydrogen-bond donors (Lipinski definition) is 3. The lowest BCUT2D eigenvalue weighted by Crippen LogP contribution is -2.54. The second-order valence-electron chi connectivity index (χ2n) is 16.7. The average Bonchev–Trinajstić information content (AvgIpc) is 3.80. The van der Waals surface area contributed by atoms with Gasteiger partial charge in [0.15, 0.2) is 18.1 Å². The molecule has 0 bridgehead atoms. The number of anilines is 1. The van der Waals surface area contributed by atoms with Gasteiger partial charge in [0.1, 0.15) is 29.3 Å². The van der Waals surface area contributed by atoms with Crippen LogP contribution in [0.1, 0.15) is 101 Å². The number of pyridine rings is 1. The van der Waals surface area contributed by atoms with Gasteiger partial charge in [-0.1, -0.05) is 12.1 Å². The largest absolute Gasteiger partial charge is 0.483 e. The van der Waals surface area contributed by atoms with Crippen molar-refractivity contribution in [3.05, 3.63) is 71.6 Å². The normalized spacial score (nSPS) is 22.0. The molecule has 1 aliphatic carbocycles. The van der Waals surface area contributed by atoms with E-state index >= 15 is 0 Å². The van der Waals surface area contributed by atoms with E-state index in [1.807, 2.05) is 24.0 Å². The predicted molar refractivity (Wildman–Crippen MR) is 220 cm³/mol. The van der Waals surface area contributed by atoms with Crippen LogP contribution in [0.3, 0.4) is 0 Å². The highest BCUT2D eigenvalue weighted by molar-refractivity contribution is 6.24. The highest BCUT2D eigenvalue weighted by atomic mass is 16.5. The molecular weight excluding hydrogens is 799 g/mol. The number of hydrogen-bond acceptors (Lipinski definition) is 13. The predicted octanol–water partition coefficient (Wildman–Crippen LogP) is 2.18. The van der Waals surface area contributed by atoms with Gasteiger partial charge in [-0.3, -0.25) is 43.8 Å². The van der Waals surface area contributed by atoms with Crippen molar-refractivity contribution < 1.29 is 38.3 Å². The molecule has 1 aromatic carbocycles. The van der Waals surface area contributed by atoms with Gasteiger partial charge in [-0.15, -0.1) is 0 Å². The van der Waals surface area contributed by atoms with Crippen molar-refractivity contribution in [3.8, 4) is 5.75 Å². The Morgan fingerprint density at radius 3 is 2.34 bits per heavy atom. The van der Waals surface area contributed by atoms with Gasteiger partial charge in [-0.25, -0.2) is 19.9 Å². The highest BCUT2D eigenvalue weighted by Gasteiger charge is 2.46. The van der Waals surface area contributed by atoms with E-state index < -0.39 is 29.7 Å². The van der Waals surface area contributed by atoms with Gasteiger partial charge in [0.2, 0.25) is 17.7 Å². The molecule has 4 aromatic rings. The number of aromatic nitrogens is 5. The summed E-state index contributed by atoms with van der Waals surface area (Å²) in [6.07, 6.45) is 8.14. The lowest BCUT2D eigenvalue weighted by molar-refractivity contribution is -0.137. The Kier molecular flexibility index (Phi) is 11.1. The monoisotopic (exact) mass is 845 g/mol. The quantitative estimate of drug-likeness (QED) is 0.184. The zero-order valence-corrected chi connectivity index (χ0v) is 34.2. The summed E-state index contributed by atoms with van der Waals surface area (Å²) in [6.45, 7) is 3.67. The van der Waals surface area contributed by atoms with Crippen molar-refractivity contribution in [1.29, 1.82) is 0 Å². The third-order valence-electron chi connectivity index (χ3n) is 12.7. The average molecular weight is 846 g/mol. The molecule has 0 radical (unpaired) electrons. The minimum Gasteiger partial charge on any atom is -0.483 e. The SMILES string of the molecule is Cc1cccc(C(=O)NC2CC(n3cnc4c(NC5CCN(C(=O)CC6CCN(C(=O)COc7cccc8c7C(=O)N(C7CCC(=O)NC7=O)C8=O)CC6)CC5)ncnc43)C2)n1. The first kappa shape index (κ1) is 40.6. The van der Waals surface area contributed by atoms with E-state index in [-0.39, 0.29) is 78.1 Å². The number of fused-ring (bicyclic) bond motifs is 2. The molecule has 3 saturated heterocycles. The number of ether oxygens (including phenoxy) is 1. The van der Waals surface area contributed by atoms with Gasteiger partial charge < -0.3 is 29.7 Å². The smallest absolute Gasteiger partial charge is 0.270 e. The maximum absolute atomic E-state index is 13.4. The van der Waals surface area contributed by atoms with Crippen LogP contribution < -0.4 is 20.7 Å². The van der Waals surface area contributed by atoms with Gasteiger partial charge in [-0.2, -0.15) is 0 Å². The highest BCUT2D eigenvalue weighted by Crippen LogP contribution is 2.36. The number of nitrogens with one attached hydrogen (secondary N) is 3. The molecule has 19 heteroatoms. The number of amides is 7. The molecule has 5 aliphatic rings. The summed E-state index contributed by atoms with van der Waals surface area (Å²) in [5, 5.41) is 8.80. The fourth-order valence-corrected chi connectivity index (χ4v) is 9.15. The van der Waals surface area contributed by atoms with Crippen molar-refractivity contribution in [2.45, 2.75) is 88.9 Å². The first-order valence-electron chi connectivity index (χ1n) is 21.2. The number of likely N-dealkylation sites (tertiary alicyclic amines) is 2. The van der Waals surface area contributed by atoms with Crippen LogP contribution in [-0.2, 0) is 19.2 Å². The van der Waals surface area contributed by atoms with Crippen LogP contribution in [0, 0.1) is 12.8 Å². The van der Waals surface area contributed by atoms with E-state index in [0.29, 0.717) is 62.5 Å². The fourth-order valence-electron chi connectivity index (χ4n) is 9.15. The summed E-state index contributed by atoms with van der Waals surface area (Å²) in [6, 6.07) is 9.13. The third kappa shape index (κ3) is 8.05. The van der Waals surface area contributed by atoms with Crippen molar-refractivity contribution in [2.75, 3.05) is 38.1 Å². The van der Waals surface area contributed by atoms with E-state index in [2.05, 4.69) is 40.5 Å². The maximum Gasteiger partial charge on any atom is 0.270 e. The van der Waals surface area contributed by atoms with Crippen LogP contribution >= 0.6 is 0 Å². The molecule has 322 valence electrons. The summed E-state index contributed by atoms with van der Waals surface area (Å²) in [5.74, 6) is -1.99. The van der Waals surface area contributed by atoms with Crippen LogP contribution in [0.4, 0.5) is 5.82 Å². The summed E-state index contributed by atoms with van der Waals surface area (Å²) >= 11 is 0. The zero-order chi connectivity index (χ0) is 43.1. The Morgan fingerprint density at radius 2 is 1.58 bits per heavy atom. The molecule has 1 atom stereocenters. The molecule has 7 heterocycles. The Balaban J connectivity index is 0.705. The third-order valence-corrected chi connectivity index (χ3v) is 12.7. The van der Waals surface area contributed by atoms with Gasteiger partial charge in [0, 0.05) is 62.8 Å². The number of aryl methyl sites for hydroxylation is 1. The number of piperidine rings is 3. The van der Waals surface area contributed by atoms with E-state index in [1.54, 1.807) is 23.4 Å². The molecule has 1 unspecified atom stereocenters.